The third-order valence-electron chi connectivity index (χ3n) is 3.99. The molecule has 0 spiro atoms. The number of aryl methyl sites for hydroxylation is 2. The zero-order chi connectivity index (χ0) is 14.1. The lowest BCUT2D eigenvalue weighted by molar-refractivity contribution is 0.102. The quantitative estimate of drug-likeness (QED) is 0.873. The van der Waals surface area contributed by atoms with E-state index >= 15 is 0 Å². The molecule has 102 valence electrons. The molecular formula is C18H19NO. The van der Waals surface area contributed by atoms with Gasteiger partial charge in [0, 0.05) is 11.3 Å². The molecule has 20 heavy (non-hydrogen) atoms. The van der Waals surface area contributed by atoms with Crippen molar-refractivity contribution in [1.29, 1.82) is 0 Å². The minimum atomic E-state index is -0.0457. The largest absolute Gasteiger partial charge is 0.322 e. The van der Waals surface area contributed by atoms with Crippen LogP contribution in [-0.2, 0) is 0 Å². The van der Waals surface area contributed by atoms with Crippen molar-refractivity contribution in [3.63, 3.8) is 0 Å². The predicted octanol–water partition coefficient (Wildman–Crippen LogP) is 4.43. The lowest BCUT2D eigenvalue weighted by atomic mass is 10.1. The van der Waals surface area contributed by atoms with Crippen LogP contribution >= 0.6 is 0 Å². The van der Waals surface area contributed by atoms with Crippen LogP contribution in [0.15, 0.2) is 42.5 Å². The third-order valence-corrected chi connectivity index (χ3v) is 3.99. The van der Waals surface area contributed by atoms with Gasteiger partial charge in [0.25, 0.3) is 5.91 Å². The van der Waals surface area contributed by atoms with E-state index in [1.165, 1.54) is 29.5 Å². The number of benzene rings is 2. The molecule has 0 bridgehead atoms. The zero-order valence-electron chi connectivity index (χ0n) is 11.9. The van der Waals surface area contributed by atoms with Gasteiger partial charge in [0.2, 0.25) is 0 Å². The summed E-state index contributed by atoms with van der Waals surface area (Å²) in [6, 6.07) is 14.0. The van der Waals surface area contributed by atoms with Gasteiger partial charge in [0.05, 0.1) is 0 Å². The van der Waals surface area contributed by atoms with E-state index < -0.39 is 0 Å². The Morgan fingerprint density at radius 1 is 1.00 bits per heavy atom. The number of rotatable bonds is 3. The van der Waals surface area contributed by atoms with E-state index in [1.807, 2.05) is 30.3 Å². The van der Waals surface area contributed by atoms with Crippen molar-refractivity contribution < 1.29 is 4.79 Å². The molecule has 2 heteroatoms. The van der Waals surface area contributed by atoms with E-state index in [2.05, 4.69) is 31.3 Å². The van der Waals surface area contributed by atoms with Gasteiger partial charge in [-0.2, -0.15) is 0 Å². The predicted molar refractivity (Wildman–Crippen MR) is 82.3 cm³/mol. The van der Waals surface area contributed by atoms with Gasteiger partial charge in [0.1, 0.15) is 0 Å². The van der Waals surface area contributed by atoms with Gasteiger partial charge in [-0.15, -0.1) is 0 Å². The van der Waals surface area contributed by atoms with Crippen molar-refractivity contribution in [2.75, 3.05) is 5.32 Å². The number of hydrogen-bond acceptors (Lipinski definition) is 1. The second kappa shape index (κ2) is 5.12. The van der Waals surface area contributed by atoms with Gasteiger partial charge in [-0.05, 0) is 73.6 Å². The Labute approximate surface area is 119 Å². The van der Waals surface area contributed by atoms with Crippen molar-refractivity contribution in [3.05, 3.63) is 64.7 Å². The summed E-state index contributed by atoms with van der Waals surface area (Å²) in [7, 11) is 0. The van der Waals surface area contributed by atoms with Gasteiger partial charge in [-0.3, -0.25) is 4.79 Å². The van der Waals surface area contributed by atoms with Crippen LogP contribution in [0.25, 0.3) is 0 Å². The van der Waals surface area contributed by atoms with Crippen LogP contribution < -0.4 is 5.32 Å². The molecule has 0 radical (unpaired) electrons. The Kier molecular flexibility index (Phi) is 3.31. The van der Waals surface area contributed by atoms with Crippen LogP contribution in [0.2, 0.25) is 0 Å². The summed E-state index contributed by atoms with van der Waals surface area (Å²) in [6.07, 6.45) is 2.57. The van der Waals surface area contributed by atoms with Crippen LogP contribution in [0.1, 0.15) is 45.8 Å². The van der Waals surface area contributed by atoms with Crippen molar-refractivity contribution in [3.8, 4) is 0 Å². The van der Waals surface area contributed by atoms with Gasteiger partial charge in [-0.1, -0.05) is 18.2 Å². The van der Waals surface area contributed by atoms with E-state index in [-0.39, 0.29) is 5.91 Å². The minimum Gasteiger partial charge on any atom is -0.322 e. The summed E-state index contributed by atoms with van der Waals surface area (Å²) in [5.74, 6) is 0.683. The first-order valence-electron chi connectivity index (χ1n) is 7.12. The first kappa shape index (κ1) is 12.9. The highest BCUT2D eigenvalue weighted by Gasteiger charge is 2.23. The lowest BCUT2D eigenvalue weighted by Gasteiger charge is -2.08. The Bertz CT molecular complexity index is 639. The Morgan fingerprint density at radius 3 is 2.30 bits per heavy atom. The van der Waals surface area contributed by atoms with Crippen LogP contribution in [0, 0.1) is 13.8 Å². The number of nitrogens with one attached hydrogen (secondary N) is 1. The molecule has 0 heterocycles. The molecule has 1 N–H and O–H groups in total. The molecular weight excluding hydrogens is 246 g/mol. The van der Waals surface area contributed by atoms with Crippen LogP contribution in [0.4, 0.5) is 5.69 Å². The highest BCUT2D eigenvalue weighted by molar-refractivity contribution is 6.04. The Hall–Kier alpha value is -2.09. The highest BCUT2D eigenvalue weighted by Crippen LogP contribution is 2.39. The minimum absolute atomic E-state index is 0.0457. The fraction of sp³-hybridized carbons (Fsp3) is 0.278. The second-order valence-corrected chi connectivity index (χ2v) is 5.65. The molecule has 3 rings (SSSR count). The SMILES string of the molecule is Cc1ccc(NC(=O)c2ccc(C3CC3)cc2)cc1C. The van der Waals surface area contributed by atoms with Crippen LogP contribution in [0.5, 0.6) is 0 Å². The average molecular weight is 265 g/mol. The fourth-order valence-electron chi connectivity index (χ4n) is 2.35. The summed E-state index contributed by atoms with van der Waals surface area (Å²) in [5, 5.41) is 2.95. The van der Waals surface area contributed by atoms with E-state index in [0.717, 1.165) is 11.6 Å². The molecule has 0 aliphatic heterocycles. The summed E-state index contributed by atoms with van der Waals surface area (Å²) >= 11 is 0. The average Bonchev–Trinajstić information content (AvgIpc) is 3.28. The number of hydrogen-bond donors (Lipinski definition) is 1. The molecule has 0 saturated heterocycles. The van der Waals surface area contributed by atoms with Gasteiger partial charge < -0.3 is 5.32 Å². The molecule has 0 aromatic heterocycles. The molecule has 2 nitrogen and oxygen atoms in total. The maximum absolute atomic E-state index is 12.2. The summed E-state index contributed by atoms with van der Waals surface area (Å²) in [4.78, 5) is 12.2. The monoisotopic (exact) mass is 265 g/mol. The molecule has 1 aliphatic carbocycles. The summed E-state index contributed by atoms with van der Waals surface area (Å²) in [5.41, 5.74) is 5.34. The van der Waals surface area contributed by atoms with Gasteiger partial charge >= 0.3 is 0 Å². The zero-order valence-corrected chi connectivity index (χ0v) is 11.9. The smallest absolute Gasteiger partial charge is 0.255 e. The first-order valence-corrected chi connectivity index (χ1v) is 7.12. The van der Waals surface area contributed by atoms with Crippen molar-refractivity contribution in [2.45, 2.75) is 32.6 Å². The molecule has 0 atom stereocenters. The Balaban J connectivity index is 1.73. The van der Waals surface area contributed by atoms with Gasteiger partial charge in [0.15, 0.2) is 0 Å². The topological polar surface area (TPSA) is 29.1 Å². The normalized spacial score (nSPS) is 14.1. The van der Waals surface area contributed by atoms with Crippen molar-refractivity contribution in [1.82, 2.24) is 0 Å². The van der Waals surface area contributed by atoms with Gasteiger partial charge in [-0.25, -0.2) is 0 Å². The number of anilines is 1. The van der Waals surface area contributed by atoms with Crippen molar-refractivity contribution >= 4 is 11.6 Å². The van der Waals surface area contributed by atoms with Crippen LogP contribution in [0.3, 0.4) is 0 Å². The van der Waals surface area contributed by atoms with E-state index in [9.17, 15) is 4.79 Å². The van der Waals surface area contributed by atoms with E-state index in [4.69, 9.17) is 0 Å². The summed E-state index contributed by atoms with van der Waals surface area (Å²) < 4.78 is 0. The number of carbonyl (C=O) groups excluding carboxylic acids is 1. The highest BCUT2D eigenvalue weighted by atomic mass is 16.1. The lowest BCUT2D eigenvalue weighted by Crippen LogP contribution is -2.12. The second-order valence-electron chi connectivity index (χ2n) is 5.65. The molecule has 1 saturated carbocycles. The molecule has 1 fully saturated rings. The maximum atomic E-state index is 12.2. The summed E-state index contributed by atoms with van der Waals surface area (Å²) in [6.45, 7) is 4.12. The number of carbonyl (C=O) groups is 1. The maximum Gasteiger partial charge on any atom is 0.255 e. The molecule has 2 aromatic rings. The van der Waals surface area contributed by atoms with E-state index in [0.29, 0.717) is 5.56 Å². The van der Waals surface area contributed by atoms with Crippen molar-refractivity contribution in [2.24, 2.45) is 0 Å². The molecule has 1 amide bonds. The first-order chi connectivity index (χ1) is 9.63. The van der Waals surface area contributed by atoms with Crippen LogP contribution in [-0.4, -0.2) is 5.91 Å². The fourth-order valence-corrected chi connectivity index (χ4v) is 2.35. The number of amides is 1. The standard InChI is InChI=1S/C18H19NO/c1-12-3-10-17(11-13(12)2)19-18(20)16-8-6-15(7-9-16)14-4-5-14/h3,6-11,14H,4-5H2,1-2H3,(H,19,20). The third kappa shape index (κ3) is 2.74. The molecule has 2 aromatic carbocycles. The Morgan fingerprint density at radius 2 is 1.70 bits per heavy atom. The molecule has 1 aliphatic rings. The van der Waals surface area contributed by atoms with E-state index in [1.54, 1.807) is 0 Å². The molecule has 0 unspecified atom stereocenters.